The molecule has 5 rings (SSSR count). The van der Waals surface area contributed by atoms with E-state index in [-0.39, 0.29) is 30.1 Å². The topological polar surface area (TPSA) is 86.1 Å². The number of hydrogen-bond acceptors (Lipinski definition) is 6. The Bertz CT molecular complexity index is 1030. The fourth-order valence-electron chi connectivity index (χ4n) is 3.88. The quantitative estimate of drug-likeness (QED) is 0.614. The summed E-state index contributed by atoms with van der Waals surface area (Å²) in [6, 6.07) is 15.5. The molecule has 2 N–H and O–H groups in total. The van der Waals surface area contributed by atoms with E-state index < -0.39 is 0 Å². The van der Waals surface area contributed by atoms with Gasteiger partial charge in [0, 0.05) is 11.3 Å². The van der Waals surface area contributed by atoms with Gasteiger partial charge in [-0.3, -0.25) is 0 Å². The number of tetrazole rings is 1. The smallest absolute Gasteiger partial charge is 0.182 e. The minimum atomic E-state index is -0.297. The van der Waals surface area contributed by atoms with Gasteiger partial charge in [0.1, 0.15) is 24.1 Å². The molecule has 4 unspecified atom stereocenters. The molecule has 154 valence electrons. The van der Waals surface area contributed by atoms with Crippen molar-refractivity contribution in [2.75, 3.05) is 18.5 Å². The lowest BCUT2D eigenvalue weighted by atomic mass is 10.1. The number of aromatic nitrogens is 4. The molecule has 2 aliphatic rings. The number of thiocarbonyl (C=S) groups is 1. The Morgan fingerprint density at radius 1 is 1.03 bits per heavy atom. The average Bonchev–Trinajstić information content (AvgIpc) is 3.48. The van der Waals surface area contributed by atoms with Crippen molar-refractivity contribution in [1.82, 2.24) is 25.5 Å². The van der Waals surface area contributed by atoms with Crippen molar-refractivity contribution < 1.29 is 13.9 Å². The first-order valence-corrected chi connectivity index (χ1v) is 9.99. The highest BCUT2D eigenvalue weighted by atomic mass is 32.1. The minimum absolute atomic E-state index is 0.114. The van der Waals surface area contributed by atoms with Crippen LogP contribution in [0.15, 0.2) is 54.6 Å². The second kappa shape index (κ2) is 8.05. The molecule has 0 aliphatic carbocycles. The predicted octanol–water partition coefficient (Wildman–Crippen LogP) is 2.17. The van der Waals surface area contributed by atoms with E-state index in [1.54, 1.807) is 16.8 Å². The number of nitrogens with one attached hydrogen (secondary N) is 2. The van der Waals surface area contributed by atoms with E-state index >= 15 is 0 Å². The first-order valence-electron chi connectivity index (χ1n) is 9.58. The van der Waals surface area contributed by atoms with Crippen LogP contribution in [0.5, 0.6) is 0 Å². The highest BCUT2D eigenvalue weighted by Crippen LogP contribution is 2.35. The van der Waals surface area contributed by atoms with Gasteiger partial charge in [-0.05, 0) is 46.9 Å². The second-order valence-electron chi connectivity index (χ2n) is 7.19. The monoisotopic (exact) mass is 426 g/mol. The van der Waals surface area contributed by atoms with Crippen LogP contribution in [0.4, 0.5) is 10.1 Å². The summed E-state index contributed by atoms with van der Waals surface area (Å²) in [5.74, 6) is 0.382. The molecule has 0 radical (unpaired) electrons. The Labute approximate surface area is 177 Å². The van der Waals surface area contributed by atoms with Gasteiger partial charge in [-0.15, -0.1) is 5.10 Å². The van der Waals surface area contributed by atoms with Crippen molar-refractivity contribution in [2.24, 2.45) is 0 Å². The summed E-state index contributed by atoms with van der Waals surface area (Å²) in [7, 11) is 0. The molecule has 0 saturated carbocycles. The highest BCUT2D eigenvalue weighted by molar-refractivity contribution is 7.80. The average molecular weight is 426 g/mol. The zero-order valence-corrected chi connectivity index (χ0v) is 16.6. The maximum absolute atomic E-state index is 13.1. The van der Waals surface area contributed by atoms with Gasteiger partial charge < -0.3 is 20.1 Å². The van der Waals surface area contributed by atoms with E-state index in [0.717, 1.165) is 5.56 Å². The summed E-state index contributed by atoms with van der Waals surface area (Å²) < 4.78 is 26.9. The summed E-state index contributed by atoms with van der Waals surface area (Å²) in [5, 5.41) is 18.9. The molecule has 4 atom stereocenters. The first-order chi connectivity index (χ1) is 14.7. The molecule has 2 fully saturated rings. The van der Waals surface area contributed by atoms with Crippen molar-refractivity contribution in [1.29, 1.82) is 0 Å². The molecule has 0 spiro atoms. The SMILES string of the molecule is Fc1ccc(NC(=S)NC2COC3C2OCC3n2nnnc2-c2ccccc2)cc1. The maximum Gasteiger partial charge on any atom is 0.182 e. The lowest BCUT2D eigenvalue weighted by Crippen LogP contribution is -2.45. The molecule has 2 aliphatic heterocycles. The van der Waals surface area contributed by atoms with Crippen LogP contribution in [0, 0.1) is 5.82 Å². The van der Waals surface area contributed by atoms with E-state index in [4.69, 9.17) is 21.7 Å². The molecule has 8 nitrogen and oxygen atoms in total. The lowest BCUT2D eigenvalue weighted by molar-refractivity contribution is 0.0626. The second-order valence-corrected chi connectivity index (χ2v) is 7.60. The van der Waals surface area contributed by atoms with Gasteiger partial charge in [-0.2, -0.15) is 0 Å². The van der Waals surface area contributed by atoms with Crippen molar-refractivity contribution >= 4 is 23.0 Å². The van der Waals surface area contributed by atoms with Crippen LogP contribution in [-0.2, 0) is 9.47 Å². The Kier molecular flexibility index (Phi) is 5.11. The van der Waals surface area contributed by atoms with Crippen LogP contribution in [0.25, 0.3) is 11.4 Å². The Hall–Kier alpha value is -2.95. The molecular weight excluding hydrogens is 407 g/mol. The van der Waals surface area contributed by atoms with Gasteiger partial charge in [0.15, 0.2) is 10.9 Å². The molecule has 2 saturated heterocycles. The van der Waals surface area contributed by atoms with E-state index in [2.05, 4.69) is 26.2 Å². The summed E-state index contributed by atoms with van der Waals surface area (Å²) >= 11 is 5.39. The Morgan fingerprint density at radius 3 is 2.60 bits per heavy atom. The van der Waals surface area contributed by atoms with Crippen molar-refractivity contribution in [2.45, 2.75) is 24.3 Å². The van der Waals surface area contributed by atoms with Gasteiger partial charge in [-0.25, -0.2) is 9.07 Å². The van der Waals surface area contributed by atoms with E-state index in [9.17, 15) is 4.39 Å². The van der Waals surface area contributed by atoms with Crippen LogP contribution < -0.4 is 10.6 Å². The van der Waals surface area contributed by atoms with Crippen LogP contribution in [0.1, 0.15) is 6.04 Å². The number of fused-ring (bicyclic) bond motifs is 1. The third-order valence-electron chi connectivity index (χ3n) is 5.28. The van der Waals surface area contributed by atoms with E-state index in [1.807, 2.05) is 30.3 Å². The van der Waals surface area contributed by atoms with Crippen LogP contribution in [0.2, 0.25) is 0 Å². The summed E-state index contributed by atoms with van der Waals surface area (Å²) in [5.41, 5.74) is 1.64. The van der Waals surface area contributed by atoms with Crippen LogP contribution in [0.3, 0.4) is 0 Å². The minimum Gasteiger partial charge on any atom is -0.371 e. The van der Waals surface area contributed by atoms with Crippen molar-refractivity contribution in [3.05, 3.63) is 60.4 Å². The highest BCUT2D eigenvalue weighted by Gasteiger charge is 2.49. The van der Waals surface area contributed by atoms with Gasteiger partial charge >= 0.3 is 0 Å². The van der Waals surface area contributed by atoms with Gasteiger partial charge in [0.2, 0.25) is 0 Å². The Morgan fingerprint density at radius 2 is 1.80 bits per heavy atom. The molecule has 3 heterocycles. The van der Waals surface area contributed by atoms with Crippen molar-refractivity contribution in [3.8, 4) is 11.4 Å². The standard InChI is InChI=1S/C20H19FN6O2S/c21-13-6-8-14(9-7-13)22-20(30)23-15-10-28-18-16(11-29-17(15)18)27-19(24-25-26-27)12-4-2-1-3-5-12/h1-9,15-18H,10-11H2,(H2,22,23,30). The molecule has 3 aromatic rings. The third-order valence-corrected chi connectivity index (χ3v) is 5.50. The molecular formula is C20H19FN6O2S. The normalized spacial score (nSPS) is 25.1. The lowest BCUT2D eigenvalue weighted by Gasteiger charge is -2.20. The zero-order chi connectivity index (χ0) is 20.5. The zero-order valence-electron chi connectivity index (χ0n) is 15.8. The molecule has 2 aromatic carbocycles. The van der Waals surface area contributed by atoms with Crippen LogP contribution in [-0.4, -0.2) is 56.8 Å². The predicted molar refractivity (Wildman–Crippen MR) is 111 cm³/mol. The van der Waals surface area contributed by atoms with Crippen LogP contribution >= 0.6 is 12.2 Å². The number of halogens is 1. The number of ether oxygens (including phenoxy) is 2. The third kappa shape index (κ3) is 3.64. The Balaban J connectivity index is 1.26. The molecule has 30 heavy (non-hydrogen) atoms. The molecule has 10 heteroatoms. The fraction of sp³-hybridized carbons (Fsp3) is 0.300. The molecule has 1 aromatic heterocycles. The van der Waals surface area contributed by atoms with Crippen molar-refractivity contribution in [3.63, 3.8) is 0 Å². The largest absolute Gasteiger partial charge is 0.371 e. The number of rotatable bonds is 4. The number of hydrogen-bond donors (Lipinski definition) is 2. The van der Waals surface area contributed by atoms with Gasteiger partial charge in [-0.1, -0.05) is 30.3 Å². The summed E-state index contributed by atoms with van der Waals surface area (Å²) in [6.07, 6.45) is -0.377. The van der Waals surface area contributed by atoms with E-state index in [1.165, 1.54) is 12.1 Å². The summed E-state index contributed by atoms with van der Waals surface area (Å²) in [4.78, 5) is 0. The fourth-order valence-corrected chi connectivity index (χ4v) is 4.14. The summed E-state index contributed by atoms with van der Waals surface area (Å²) in [6.45, 7) is 0.885. The number of anilines is 1. The molecule has 0 bridgehead atoms. The van der Waals surface area contributed by atoms with Gasteiger partial charge in [0.05, 0.1) is 19.3 Å². The molecule has 0 amide bonds. The van der Waals surface area contributed by atoms with Gasteiger partial charge in [0.25, 0.3) is 0 Å². The first kappa shape index (κ1) is 19.0. The maximum atomic E-state index is 13.1. The number of benzene rings is 2. The van der Waals surface area contributed by atoms with E-state index in [0.29, 0.717) is 29.8 Å². The number of nitrogens with zero attached hydrogens (tertiary/aromatic N) is 4.